The summed E-state index contributed by atoms with van der Waals surface area (Å²) < 4.78 is 0. The summed E-state index contributed by atoms with van der Waals surface area (Å²) in [5, 5.41) is 4.24. The van der Waals surface area contributed by atoms with Gasteiger partial charge in [-0.3, -0.25) is 4.90 Å². The SMILES string of the molecule is Cl.S=C(c1cccs1)N1CCN(Cc2cccs2)CC1. The molecule has 2 aromatic rings. The van der Waals surface area contributed by atoms with Crippen LogP contribution in [0.5, 0.6) is 0 Å². The molecule has 0 N–H and O–H groups in total. The first-order chi connectivity index (χ1) is 9.33. The molecule has 0 bridgehead atoms. The molecule has 3 heterocycles. The Kier molecular flexibility index (Phi) is 5.99. The van der Waals surface area contributed by atoms with Crippen LogP contribution >= 0.6 is 47.3 Å². The second-order valence-corrected chi connectivity index (χ2v) is 6.99. The first-order valence-corrected chi connectivity index (χ1v) is 8.57. The molecule has 2 aromatic heterocycles. The van der Waals surface area contributed by atoms with Crippen molar-refractivity contribution in [1.29, 1.82) is 0 Å². The number of thiophene rings is 2. The van der Waals surface area contributed by atoms with E-state index in [4.69, 9.17) is 12.2 Å². The van der Waals surface area contributed by atoms with Crippen molar-refractivity contribution in [2.75, 3.05) is 26.2 Å². The summed E-state index contributed by atoms with van der Waals surface area (Å²) in [6.07, 6.45) is 0. The molecule has 1 aliphatic heterocycles. The third-order valence-corrected chi connectivity index (χ3v) is 5.70. The first kappa shape index (κ1) is 15.9. The number of rotatable bonds is 3. The van der Waals surface area contributed by atoms with E-state index in [0.717, 1.165) is 37.7 Å². The normalized spacial score (nSPS) is 15.9. The van der Waals surface area contributed by atoms with Crippen LogP contribution in [0.2, 0.25) is 0 Å². The van der Waals surface area contributed by atoms with Crippen molar-refractivity contribution in [3.8, 4) is 0 Å². The van der Waals surface area contributed by atoms with E-state index in [1.807, 2.05) is 11.3 Å². The third-order valence-electron chi connectivity index (χ3n) is 3.35. The Labute approximate surface area is 139 Å². The predicted molar refractivity (Wildman–Crippen MR) is 94.4 cm³/mol. The average Bonchev–Trinajstić information content (AvgIpc) is 3.12. The molecule has 0 aromatic carbocycles. The minimum Gasteiger partial charge on any atom is -0.359 e. The van der Waals surface area contributed by atoms with Crippen molar-refractivity contribution in [1.82, 2.24) is 9.80 Å². The number of thiocarbonyl (C=S) groups is 1. The lowest BCUT2D eigenvalue weighted by molar-refractivity contribution is 0.179. The van der Waals surface area contributed by atoms with Gasteiger partial charge in [-0.25, -0.2) is 0 Å². The van der Waals surface area contributed by atoms with Gasteiger partial charge in [0.25, 0.3) is 0 Å². The lowest BCUT2D eigenvalue weighted by Crippen LogP contribution is -2.47. The molecule has 1 saturated heterocycles. The molecule has 1 fully saturated rings. The lowest BCUT2D eigenvalue weighted by Gasteiger charge is -2.35. The monoisotopic (exact) mass is 344 g/mol. The van der Waals surface area contributed by atoms with E-state index in [0.29, 0.717) is 0 Å². The number of nitrogens with zero attached hydrogens (tertiary/aromatic N) is 2. The molecule has 1 aliphatic rings. The molecule has 0 aliphatic carbocycles. The van der Waals surface area contributed by atoms with Crippen LogP contribution in [0.4, 0.5) is 0 Å². The van der Waals surface area contributed by atoms with Crippen molar-refractivity contribution in [2.24, 2.45) is 0 Å². The van der Waals surface area contributed by atoms with Crippen LogP contribution < -0.4 is 0 Å². The topological polar surface area (TPSA) is 6.48 Å². The molecule has 108 valence electrons. The molecular weight excluding hydrogens is 328 g/mol. The fraction of sp³-hybridized carbons (Fsp3) is 0.357. The molecule has 0 amide bonds. The van der Waals surface area contributed by atoms with E-state index in [-0.39, 0.29) is 12.4 Å². The van der Waals surface area contributed by atoms with E-state index in [1.54, 1.807) is 11.3 Å². The van der Waals surface area contributed by atoms with Gasteiger partial charge in [0, 0.05) is 37.6 Å². The van der Waals surface area contributed by atoms with E-state index in [1.165, 1.54) is 9.75 Å². The molecule has 6 heteroatoms. The van der Waals surface area contributed by atoms with Gasteiger partial charge in [0.15, 0.2) is 0 Å². The highest BCUT2D eigenvalue weighted by molar-refractivity contribution is 7.81. The molecular formula is C14H17ClN2S3. The molecule has 3 rings (SSSR count). The van der Waals surface area contributed by atoms with Gasteiger partial charge < -0.3 is 4.90 Å². The second kappa shape index (κ2) is 7.52. The quantitative estimate of drug-likeness (QED) is 0.783. The Balaban J connectivity index is 0.00000147. The van der Waals surface area contributed by atoms with Gasteiger partial charge in [0.1, 0.15) is 4.99 Å². The van der Waals surface area contributed by atoms with Crippen LogP contribution in [-0.2, 0) is 6.54 Å². The van der Waals surface area contributed by atoms with Gasteiger partial charge in [-0.2, -0.15) is 0 Å². The number of piperazine rings is 1. The van der Waals surface area contributed by atoms with Crippen LogP contribution in [0.3, 0.4) is 0 Å². The van der Waals surface area contributed by atoms with Crippen molar-refractivity contribution in [3.05, 3.63) is 44.8 Å². The minimum atomic E-state index is 0. The fourth-order valence-electron chi connectivity index (χ4n) is 2.29. The van der Waals surface area contributed by atoms with Gasteiger partial charge in [0.05, 0.1) is 4.88 Å². The summed E-state index contributed by atoms with van der Waals surface area (Å²) in [5.41, 5.74) is 0. The molecule has 20 heavy (non-hydrogen) atoms. The van der Waals surface area contributed by atoms with E-state index < -0.39 is 0 Å². The maximum absolute atomic E-state index is 5.57. The van der Waals surface area contributed by atoms with Crippen molar-refractivity contribution in [3.63, 3.8) is 0 Å². The smallest absolute Gasteiger partial charge is 0.119 e. The van der Waals surface area contributed by atoms with Crippen LogP contribution in [0.1, 0.15) is 9.75 Å². The number of halogens is 1. The Morgan fingerprint density at radius 2 is 1.75 bits per heavy atom. The average molecular weight is 345 g/mol. The zero-order chi connectivity index (χ0) is 13.1. The minimum absolute atomic E-state index is 0. The van der Waals surface area contributed by atoms with Crippen molar-refractivity contribution in [2.45, 2.75) is 6.54 Å². The molecule has 0 atom stereocenters. The number of hydrogen-bond donors (Lipinski definition) is 0. The third kappa shape index (κ3) is 3.80. The van der Waals surface area contributed by atoms with Gasteiger partial charge in [-0.05, 0) is 22.9 Å². The lowest BCUT2D eigenvalue weighted by atomic mass is 10.3. The first-order valence-electron chi connectivity index (χ1n) is 6.40. The maximum Gasteiger partial charge on any atom is 0.119 e. The van der Waals surface area contributed by atoms with Gasteiger partial charge in [0.2, 0.25) is 0 Å². The fourth-order valence-corrected chi connectivity index (χ4v) is 4.12. The van der Waals surface area contributed by atoms with Crippen LogP contribution in [-0.4, -0.2) is 41.0 Å². The Morgan fingerprint density at radius 1 is 1.05 bits per heavy atom. The van der Waals surface area contributed by atoms with Crippen molar-refractivity contribution >= 4 is 52.3 Å². The largest absolute Gasteiger partial charge is 0.359 e. The highest BCUT2D eigenvalue weighted by atomic mass is 35.5. The summed E-state index contributed by atoms with van der Waals surface area (Å²) in [4.78, 5) is 8.55. The number of hydrogen-bond acceptors (Lipinski definition) is 4. The van der Waals surface area contributed by atoms with E-state index in [2.05, 4.69) is 44.8 Å². The Morgan fingerprint density at radius 3 is 2.35 bits per heavy atom. The molecule has 0 unspecified atom stereocenters. The Hall–Kier alpha value is -0.460. The van der Waals surface area contributed by atoms with Crippen molar-refractivity contribution < 1.29 is 0 Å². The summed E-state index contributed by atoms with van der Waals surface area (Å²) in [5.74, 6) is 0. The second-order valence-electron chi connectivity index (χ2n) is 4.63. The summed E-state index contributed by atoms with van der Waals surface area (Å²) in [7, 11) is 0. The Bertz CT molecular complexity index is 517. The summed E-state index contributed by atoms with van der Waals surface area (Å²) in [6, 6.07) is 8.53. The molecule has 0 radical (unpaired) electrons. The zero-order valence-electron chi connectivity index (χ0n) is 11.0. The van der Waals surface area contributed by atoms with Crippen LogP contribution in [0, 0.1) is 0 Å². The van der Waals surface area contributed by atoms with Crippen LogP contribution in [0.25, 0.3) is 0 Å². The zero-order valence-corrected chi connectivity index (χ0v) is 14.3. The summed E-state index contributed by atoms with van der Waals surface area (Å²) >= 11 is 9.15. The predicted octanol–water partition coefficient (Wildman–Crippen LogP) is 3.72. The van der Waals surface area contributed by atoms with Gasteiger partial charge in [-0.1, -0.05) is 24.4 Å². The maximum atomic E-state index is 5.57. The highest BCUT2D eigenvalue weighted by Crippen LogP contribution is 2.17. The van der Waals surface area contributed by atoms with E-state index in [9.17, 15) is 0 Å². The van der Waals surface area contributed by atoms with E-state index >= 15 is 0 Å². The van der Waals surface area contributed by atoms with Crippen LogP contribution in [0.15, 0.2) is 35.0 Å². The molecule has 0 spiro atoms. The molecule has 0 saturated carbocycles. The summed E-state index contributed by atoms with van der Waals surface area (Å²) in [6.45, 7) is 5.37. The highest BCUT2D eigenvalue weighted by Gasteiger charge is 2.20. The standard InChI is InChI=1S/C14H16N2S3.ClH/c17-14(13-4-2-10-19-13)16-7-5-15(6-8-16)11-12-3-1-9-18-12;/h1-4,9-10H,5-8,11H2;1H. The molecule has 2 nitrogen and oxygen atoms in total. The van der Waals surface area contributed by atoms with Gasteiger partial charge in [-0.15, -0.1) is 35.1 Å². The van der Waals surface area contributed by atoms with Gasteiger partial charge >= 0.3 is 0 Å².